The van der Waals surface area contributed by atoms with Gasteiger partial charge in [0.05, 0.1) is 5.02 Å². The summed E-state index contributed by atoms with van der Waals surface area (Å²) in [5.41, 5.74) is 7.14. The average molecular weight is 341 g/mol. The summed E-state index contributed by atoms with van der Waals surface area (Å²) in [5, 5.41) is 0.846. The molecule has 0 saturated heterocycles. The van der Waals surface area contributed by atoms with E-state index in [2.05, 4.69) is 57.4 Å². The van der Waals surface area contributed by atoms with Crippen molar-refractivity contribution in [2.75, 3.05) is 0 Å². The lowest BCUT2D eigenvalue weighted by atomic mass is 9.84. The van der Waals surface area contributed by atoms with E-state index in [1.807, 2.05) is 26.0 Å². The Morgan fingerprint density at radius 1 is 1.04 bits per heavy atom. The maximum atomic E-state index is 6.78. The highest BCUT2D eigenvalue weighted by Gasteiger charge is 2.20. The van der Waals surface area contributed by atoms with Gasteiger partial charge in [-0.15, -0.1) is 0 Å². The molecule has 0 radical (unpaired) electrons. The van der Waals surface area contributed by atoms with E-state index in [-0.39, 0.29) is 0 Å². The van der Waals surface area contributed by atoms with Crippen LogP contribution in [0.3, 0.4) is 0 Å². The topological polar surface area (TPSA) is 0 Å². The summed E-state index contributed by atoms with van der Waals surface area (Å²) in [6.07, 6.45) is 17.2. The third-order valence-corrected chi connectivity index (χ3v) is 4.48. The highest BCUT2D eigenvalue weighted by molar-refractivity contribution is 6.33. The van der Waals surface area contributed by atoms with Gasteiger partial charge in [-0.25, -0.2) is 0 Å². The summed E-state index contributed by atoms with van der Waals surface area (Å²) in [4.78, 5) is 0. The van der Waals surface area contributed by atoms with Gasteiger partial charge in [0.1, 0.15) is 0 Å². The molecule has 0 bridgehead atoms. The number of rotatable bonds is 8. The van der Waals surface area contributed by atoms with Crippen molar-refractivity contribution in [1.29, 1.82) is 0 Å². The van der Waals surface area contributed by atoms with Gasteiger partial charge >= 0.3 is 0 Å². The second-order valence-corrected chi connectivity index (χ2v) is 6.02. The molecule has 0 amide bonds. The molecule has 0 N–H and O–H groups in total. The Balaban J connectivity index is 4.06. The lowest BCUT2D eigenvalue weighted by molar-refractivity contribution is 0.897. The summed E-state index contributed by atoms with van der Waals surface area (Å²) in [5.74, 6) is 0. The van der Waals surface area contributed by atoms with E-state index < -0.39 is 0 Å². The summed E-state index contributed by atoms with van der Waals surface area (Å²) in [6, 6.07) is 0. The molecule has 0 heterocycles. The number of hydrogen-bond acceptors (Lipinski definition) is 0. The molecular weight excluding hydrogens is 312 g/mol. The van der Waals surface area contributed by atoms with Crippen LogP contribution in [0.5, 0.6) is 0 Å². The lowest BCUT2D eigenvalue weighted by Gasteiger charge is -2.22. The van der Waals surface area contributed by atoms with E-state index in [1.54, 1.807) is 0 Å². The second kappa shape index (κ2) is 10.2. The molecule has 0 fully saturated rings. The van der Waals surface area contributed by atoms with Gasteiger partial charge in [-0.2, -0.15) is 0 Å². The van der Waals surface area contributed by atoms with Gasteiger partial charge in [-0.3, -0.25) is 0 Å². The fraction of sp³-hybridized carbons (Fsp3) is 0.304. The van der Waals surface area contributed by atoms with Crippen LogP contribution >= 0.6 is 11.6 Å². The molecule has 0 unspecified atom stereocenters. The van der Waals surface area contributed by atoms with Crippen LogP contribution in [-0.2, 0) is 12.8 Å². The molecule has 24 heavy (non-hydrogen) atoms. The zero-order valence-electron chi connectivity index (χ0n) is 15.5. The van der Waals surface area contributed by atoms with Crippen LogP contribution in [0, 0.1) is 0 Å². The van der Waals surface area contributed by atoms with Crippen molar-refractivity contribution in [3.8, 4) is 0 Å². The first-order valence-electron chi connectivity index (χ1n) is 8.69. The smallest absolute Gasteiger partial charge is 0.0519 e. The first kappa shape index (κ1) is 20.3. The maximum Gasteiger partial charge on any atom is 0.0519 e. The first-order valence-corrected chi connectivity index (χ1v) is 9.06. The van der Waals surface area contributed by atoms with Crippen molar-refractivity contribution in [1.82, 2.24) is 0 Å². The molecule has 128 valence electrons. The standard InChI is InChI=1S/C23H29Cl/c1-7-13-17(14-8-2)22-18(11-5)21(16-10-4)23(24)19(12-6)20(22)15-9-3/h7-9,12-15H,1,6,10-11,16H2,2-5H3/b14-8-,15-9-,17-13+. The predicted octanol–water partition coefficient (Wildman–Crippen LogP) is 7.68. The third kappa shape index (κ3) is 4.19. The summed E-state index contributed by atoms with van der Waals surface area (Å²) in [7, 11) is 0. The second-order valence-electron chi connectivity index (χ2n) is 5.64. The fourth-order valence-electron chi connectivity index (χ4n) is 3.16. The van der Waals surface area contributed by atoms with E-state index in [9.17, 15) is 0 Å². The molecule has 0 nitrogen and oxygen atoms in total. The van der Waals surface area contributed by atoms with Crippen LogP contribution in [0.1, 0.15) is 61.9 Å². The van der Waals surface area contributed by atoms with Crippen molar-refractivity contribution in [3.63, 3.8) is 0 Å². The molecule has 0 spiro atoms. The highest BCUT2D eigenvalue weighted by atomic mass is 35.5. The van der Waals surface area contributed by atoms with Crippen LogP contribution in [0.2, 0.25) is 5.02 Å². The molecule has 0 atom stereocenters. The highest BCUT2D eigenvalue weighted by Crippen LogP contribution is 2.39. The normalized spacial score (nSPS) is 12.3. The molecule has 0 aliphatic heterocycles. The van der Waals surface area contributed by atoms with E-state index in [0.717, 1.165) is 41.0 Å². The molecule has 0 saturated carbocycles. The Morgan fingerprint density at radius 3 is 2.21 bits per heavy atom. The number of allylic oxidation sites excluding steroid dienone is 6. The number of hydrogen-bond donors (Lipinski definition) is 0. The van der Waals surface area contributed by atoms with Gasteiger partial charge in [0.25, 0.3) is 0 Å². The van der Waals surface area contributed by atoms with Gasteiger partial charge in [-0.05, 0) is 54.5 Å². The van der Waals surface area contributed by atoms with Crippen molar-refractivity contribution < 1.29 is 0 Å². The SMILES string of the molecule is C=C/C=C(\C=C/C)c1c(/C=C\C)c(C=C)c(Cl)c(CCC)c1CC. The maximum absolute atomic E-state index is 6.78. The van der Waals surface area contributed by atoms with Crippen molar-refractivity contribution >= 4 is 29.3 Å². The Bertz CT molecular complexity index is 685. The van der Waals surface area contributed by atoms with Gasteiger partial charge in [0.15, 0.2) is 0 Å². The Morgan fingerprint density at radius 2 is 1.75 bits per heavy atom. The first-order chi connectivity index (χ1) is 11.6. The molecule has 1 aromatic carbocycles. The van der Waals surface area contributed by atoms with Gasteiger partial charge in [-0.1, -0.05) is 87.6 Å². The van der Waals surface area contributed by atoms with Crippen molar-refractivity contribution in [2.24, 2.45) is 0 Å². The van der Waals surface area contributed by atoms with Crippen LogP contribution in [0.25, 0.3) is 17.7 Å². The molecule has 0 aliphatic rings. The van der Waals surface area contributed by atoms with Gasteiger partial charge in [0, 0.05) is 5.56 Å². The summed E-state index contributed by atoms with van der Waals surface area (Å²) >= 11 is 6.78. The van der Waals surface area contributed by atoms with Crippen LogP contribution in [0.4, 0.5) is 0 Å². The Hall–Kier alpha value is -1.79. The monoisotopic (exact) mass is 340 g/mol. The Kier molecular flexibility index (Phi) is 8.57. The largest absolute Gasteiger partial charge is 0.0990 e. The van der Waals surface area contributed by atoms with Gasteiger partial charge in [0.2, 0.25) is 0 Å². The zero-order chi connectivity index (χ0) is 18.1. The Labute approximate surface area is 152 Å². The minimum Gasteiger partial charge on any atom is -0.0990 e. The fourth-order valence-corrected chi connectivity index (χ4v) is 3.55. The molecule has 1 rings (SSSR count). The summed E-state index contributed by atoms with van der Waals surface area (Å²) in [6.45, 7) is 16.3. The molecule has 1 heteroatoms. The zero-order valence-corrected chi connectivity index (χ0v) is 16.2. The van der Waals surface area contributed by atoms with Gasteiger partial charge < -0.3 is 0 Å². The van der Waals surface area contributed by atoms with Crippen molar-refractivity contribution in [3.05, 3.63) is 76.4 Å². The lowest BCUT2D eigenvalue weighted by Crippen LogP contribution is -2.05. The van der Waals surface area contributed by atoms with E-state index in [1.165, 1.54) is 16.7 Å². The van der Waals surface area contributed by atoms with Crippen molar-refractivity contribution in [2.45, 2.75) is 47.0 Å². The third-order valence-electron chi connectivity index (χ3n) is 4.05. The molecule has 0 aromatic heterocycles. The van der Waals surface area contributed by atoms with Crippen LogP contribution < -0.4 is 0 Å². The quantitative estimate of drug-likeness (QED) is 0.426. The van der Waals surface area contributed by atoms with Crippen LogP contribution in [-0.4, -0.2) is 0 Å². The van der Waals surface area contributed by atoms with E-state index in [4.69, 9.17) is 11.6 Å². The average Bonchev–Trinajstić information content (AvgIpc) is 2.57. The van der Waals surface area contributed by atoms with E-state index >= 15 is 0 Å². The number of benzene rings is 1. The van der Waals surface area contributed by atoms with Crippen LogP contribution in [0.15, 0.2) is 43.5 Å². The summed E-state index contributed by atoms with van der Waals surface area (Å²) < 4.78 is 0. The molecule has 0 aliphatic carbocycles. The van der Waals surface area contributed by atoms with E-state index in [0.29, 0.717) is 0 Å². The minimum atomic E-state index is 0.846. The number of halogens is 1. The molecular formula is C23H29Cl. The molecule has 1 aromatic rings. The minimum absolute atomic E-state index is 0.846. The predicted molar refractivity (Wildman–Crippen MR) is 113 cm³/mol.